The highest BCUT2D eigenvalue weighted by molar-refractivity contribution is 5.92. The van der Waals surface area contributed by atoms with Crippen LogP contribution in [0.1, 0.15) is 49.0 Å². The minimum Gasteiger partial charge on any atom is -0.355 e. The van der Waals surface area contributed by atoms with Gasteiger partial charge in [-0.3, -0.25) is 9.78 Å². The number of carbonyl (C=O) groups is 1. The van der Waals surface area contributed by atoms with Gasteiger partial charge < -0.3 is 9.80 Å². The molecule has 2 saturated heterocycles. The van der Waals surface area contributed by atoms with Gasteiger partial charge in [0.15, 0.2) is 0 Å². The van der Waals surface area contributed by atoms with Crippen LogP contribution in [0.5, 0.6) is 0 Å². The molecule has 5 nitrogen and oxygen atoms in total. The molecule has 0 N–H and O–H groups in total. The Labute approximate surface area is 143 Å². The number of anilines is 1. The van der Waals surface area contributed by atoms with E-state index in [1.54, 1.807) is 6.20 Å². The number of likely N-dealkylation sites (tertiary alicyclic amines) is 1. The predicted molar refractivity (Wildman–Crippen MR) is 91.8 cm³/mol. The van der Waals surface area contributed by atoms with Crippen LogP contribution in [0.3, 0.4) is 0 Å². The largest absolute Gasteiger partial charge is 0.355 e. The zero-order chi connectivity index (χ0) is 16.1. The van der Waals surface area contributed by atoms with Crippen LogP contribution in [0.2, 0.25) is 0 Å². The fraction of sp³-hybridized carbons (Fsp3) is 0.737. The second kappa shape index (κ2) is 5.71. The Balaban J connectivity index is 1.36. The molecule has 0 spiro atoms. The van der Waals surface area contributed by atoms with Crippen molar-refractivity contribution in [2.45, 2.75) is 38.5 Å². The van der Waals surface area contributed by atoms with Crippen molar-refractivity contribution < 1.29 is 4.79 Å². The third-order valence-corrected chi connectivity index (χ3v) is 7.00. The minimum absolute atomic E-state index is 0.0542. The maximum absolute atomic E-state index is 12.6. The average molecular weight is 326 g/mol. The molecule has 0 aromatic carbocycles. The summed E-state index contributed by atoms with van der Waals surface area (Å²) in [5, 5.41) is 0. The van der Waals surface area contributed by atoms with Gasteiger partial charge in [-0.2, -0.15) is 0 Å². The molecule has 128 valence electrons. The van der Waals surface area contributed by atoms with Crippen LogP contribution in [0.25, 0.3) is 0 Å². The summed E-state index contributed by atoms with van der Waals surface area (Å²) in [5.41, 5.74) is 0.521. The van der Waals surface area contributed by atoms with E-state index in [0.29, 0.717) is 5.69 Å². The van der Waals surface area contributed by atoms with Crippen LogP contribution in [0.15, 0.2) is 12.4 Å². The smallest absolute Gasteiger partial charge is 0.274 e. The number of rotatable bonds is 2. The molecular weight excluding hydrogens is 300 g/mol. The Morgan fingerprint density at radius 3 is 2.21 bits per heavy atom. The summed E-state index contributed by atoms with van der Waals surface area (Å²) in [6, 6.07) is 0. The molecule has 6 rings (SSSR count). The summed E-state index contributed by atoms with van der Waals surface area (Å²) in [5.74, 6) is 4.50. The molecule has 0 radical (unpaired) electrons. The van der Waals surface area contributed by atoms with Gasteiger partial charge in [0.1, 0.15) is 11.5 Å². The van der Waals surface area contributed by atoms with Gasteiger partial charge in [-0.05, 0) is 62.2 Å². The minimum atomic E-state index is 0.0542. The van der Waals surface area contributed by atoms with Gasteiger partial charge in [-0.1, -0.05) is 0 Å². The van der Waals surface area contributed by atoms with E-state index in [1.807, 2.05) is 11.1 Å². The molecule has 5 heteroatoms. The first-order valence-electron chi connectivity index (χ1n) is 9.66. The normalized spacial score (nSPS) is 34.7. The SMILES string of the molecule is O=C(c1cncc(N2C[C@@H]3C4CCC(CC4)[C@@H]3C2)n1)N1CCCC1. The van der Waals surface area contributed by atoms with Crippen molar-refractivity contribution in [1.82, 2.24) is 14.9 Å². The summed E-state index contributed by atoms with van der Waals surface area (Å²) in [7, 11) is 0. The van der Waals surface area contributed by atoms with Gasteiger partial charge in [-0.15, -0.1) is 0 Å². The Morgan fingerprint density at radius 2 is 1.58 bits per heavy atom. The standard InChI is InChI=1S/C19H26N4O/c24-19(22-7-1-2-8-22)17-9-20-10-18(21-17)23-11-15-13-3-4-14(6-5-13)16(15)12-23/h9-10,13-16H,1-8,11-12H2/t13?,14?,15-,16+. The lowest BCUT2D eigenvalue weighted by Crippen LogP contribution is -2.38. The fourth-order valence-electron chi connectivity index (χ4n) is 5.73. The van der Waals surface area contributed by atoms with Crippen molar-refractivity contribution in [3.05, 3.63) is 18.1 Å². The van der Waals surface area contributed by atoms with E-state index in [0.717, 1.165) is 68.5 Å². The van der Waals surface area contributed by atoms with Crippen LogP contribution < -0.4 is 4.90 Å². The second-order valence-electron chi connectivity index (χ2n) is 8.17. The van der Waals surface area contributed by atoms with Crippen molar-refractivity contribution in [3.8, 4) is 0 Å². The average Bonchev–Trinajstić information content (AvgIpc) is 3.33. The molecule has 3 saturated carbocycles. The summed E-state index contributed by atoms with van der Waals surface area (Å²) in [6.45, 7) is 3.95. The first-order chi connectivity index (χ1) is 11.8. The Bertz CT molecular complexity index is 614. The zero-order valence-electron chi connectivity index (χ0n) is 14.2. The third kappa shape index (κ3) is 2.32. The van der Waals surface area contributed by atoms with E-state index in [-0.39, 0.29) is 5.91 Å². The maximum Gasteiger partial charge on any atom is 0.274 e. The molecule has 0 unspecified atom stereocenters. The lowest BCUT2D eigenvalue weighted by atomic mass is 9.60. The highest BCUT2D eigenvalue weighted by Crippen LogP contribution is 2.52. The van der Waals surface area contributed by atoms with Crippen LogP contribution in [-0.2, 0) is 0 Å². The van der Waals surface area contributed by atoms with Crippen molar-refractivity contribution >= 4 is 11.7 Å². The molecule has 1 aromatic rings. The fourth-order valence-corrected chi connectivity index (χ4v) is 5.73. The number of hydrogen-bond donors (Lipinski definition) is 0. The molecule has 3 aliphatic carbocycles. The van der Waals surface area contributed by atoms with Gasteiger partial charge in [-0.25, -0.2) is 4.98 Å². The monoisotopic (exact) mass is 326 g/mol. The third-order valence-electron chi connectivity index (χ3n) is 7.00. The number of fused-ring (bicyclic) bond motifs is 2. The maximum atomic E-state index is 12.6. The number of aromatic nitrogens is 2. The Morgan fingerprint density at radius 1 is 0.958 bits per heavy atom. The summed E-state index contributed by atoms with van der Waals surface area (Å²) < 4.78 is 0. The van der Waals surface area contributed by atoms with Crippen molar-refractivity contribution in [3.63, 3.8) is 0 Å². The van der Waals surface area contributed by atoms with Gasteiger partial charge in [0.05, 0.1) is 12.4 Å². The molecular formula is C19H26N4O. The van der Waals surface area contributed by atoms with E-state index >= 15 is 0 Å². The van der Waals surface area contributed by atoms with Gasteiger partial charge >= 0.3 is 0 Å². The summed E-state index contributed by atoms with van der Waals surface area (Å²) in [6.07, 6.45) is 11.4. The molecule has 5 fully saturated rings. The van der Waals surface area contributed by atoms with E-state index in [9.17, 15) is 4.79 Å². The van der Waals surface area contributed by atoms with Crippen LogP contribution >= 0.6 is 0 Å². The lowest BCUT2D eigenvalue weighted by molar-refractivity contribution is 0.0577. The predicted octanol–water partition coefficient (Wildman–Crippen LogP) is 2.59. The topological polar surface area (TPSA) is 49.3 Å². The van der Waals surface area contributed by atoms with Crippen molar-refractivity contribution in [2.75, 3.05) is 31.1 Å². The highest BCUT2D eigenvalue weighted by atomic mass is 16.2. The molecule has 2 aliphatic heterocycles. The molecule has 2 atom stereocenters. The Hall–Kier alpha value is -1.65. The molecule has 2 bridgehead atoms. The molecule has 1 aromatic heterocycles. The van der Waals surface area contributed by atoms with Crippen molar-refractivity contribution in [2.24, 2.45) is 23.7 Å². The second-order valence-corrected chi connectivity index (χ2v) is 8.17. The van der Waals surface area contributed by atoms with Crippen LogP contribution in [0, 0.1) is 23.7 Å². The molecule has 24 heavy (non-hydrogen) atoms. The quantitative estimate of drug-likeness (QED) is 0.838. The van der Waals surface area contributed by atoms with E-state index in [2.05, 4.69) is 9.88 Å². The zero-order valence-corrected chi connectivity index (χ0v) is 14.2. The van der Waals surface area contributed by atoms with E-state index in [4.69, 9.17) is 4.98 Å². The molecule has 1 amide bonds. The lowest BCUT2D eigenvalue weighted by Gasteiger charge is -2.44. The molecule has 3 heterocycles. The van der Waals surface area contributed by atoms with Crippen molar-refractivity contribution in [1.29, 1.82) is 0 Å². The van der Waals surface area contributed by atoms with Gasteiger partial charge in [0, 0.05) is 26.2 Å². The number of nitrogens with zero attached hydrogens (tertiary/aromatic N) is 4. The number of hydrogen-bond acceptors (Lipinski definition) is 4. The summed E-state index contributed by atoms with van der Waals surface area (Å²) in [4.78, 5) is 25.9. The molecule has 5 aliphatic rings. The van der Waals surface area contributed by atoms with Gasteiger partial charge in [0.25, 0.3) is 5.91 Å². The first-order valence-corrected chi connectivity index (χ1v) is 9.66. The Kier molecular flexibility index (Phi) is 3.49. The first kappa shape index (κ1) is 14.7. The van der Waals surface area contributed by atoms with E-state index < -0.39 is 0 Å². The van der Waals surface area contributed by atoms with E-state index in [1.165, 1.54) is 25.7 Å². The number of amides is 1. The summed E-state index contributed by atoms with van der Waals surface area (Å²) >= 11 is 0. The van der Waals surface area contributed by atoms with Crippen LogP contribution in [0.4, 0.5) is 5.82 Å². The van der Waals surface area contributed by atoms with Crippen LogP contribution in [-0.4, -0.2) is 47.0 Å². The number of carbonyl (C=O) groups excluding carboxylic acids is 1. The highest BCUT2D eigenvalue weighted by Gasteiger charge is 2.48. The van der Waals surface area contributed by atoms with Gasteiger partial charge in [0.2, 0.25) is 0 Å².